The number of anilines is 2. The number of carbonyl (C=O) groups is 1. The second-order valence-electron chi connectivity index (χ2n) is 5.91. The zero-order chi connectivity index (χ0) is 18.9. The molecule has 0 bridgehead atoms. The van der Waals surface area contributed by atoms with E-state index in [9.17, 15) is 10.1 Å². The number of aryl methyl sites for hydroxylation is 1. The number of aliphatic hydroxyl groups is 1. The number of nitrogens with zero attached hydrogens (tertiary/aromatic N) is 2. The Labute approximate surface area is 154 Å². The van der Waals surface area contributed by atoms with E-state index in [1.54, 1.807) is 6.08 Å². The molecule has 134 valence electrons. The van der Waals surface area contributed by atoms with Gasteiger partial charge in [0.05, 0.1) is 6.61 Å². The van der Waals surface area contributed by atoms with Crippen molar-refractivity contribution in [3.05, 3.63) is 65.2 Å². The first-order valence-electron chi connectivity index (χ1n) is 8.51. The zero-order valence-electron chi connectivity index (χ0n) is 15.1. The predicted octanol–water partition coefficient (Wildman–Crippen LogP) is 3.22. The molecule has 2 aromatic rings. The SMILES string of the molecule is CCc1ccc(NC(=O)/C(C#N)=C/c2ccc(N(C)CCO)cc2)cc1. The third-order valence-corrected chi connectivity index (χ3v) is 4.07. The van der Waals surface area contributed by atoms with Gasteiger partial charge in [0.1, 0.15) is 11.6 Å². The van der Waals surface area contributed by atoms with Gasteiger partial charge in [0, 0.05) is 25.0 Å². The Bertz CT molecular complexity index is 803. The van der Waals surface area contributed by atoms with E-state index in [0.717, 1.165) is 17.7 Å². The molecular formula is C21H23N3O2. The molecule has 26 heavy (non-hydrogen) atoms. The van der Waals surface area contributed by atoms with Gasteiger partial charge in [0.25, 0.3) is 5.91 Å². The van der Waals surface area contributed by atoms with Crippen LogP contribution >= 0.6 is 0 Å². The van der Waals surface area contributed by atoms with Gasteiger partial charge in [-0.2, -0.15) is 5.26 Å². The van der Waals surface area contributed by atoms with Crippen molar-refractivity contribution in [3.8, 4) is 6.07 Å². The van der Waals surface area contributed by atoms with Gasteiger partial charge in [-0.15, -0.1) is 0 Å². The van der Waals surface area contributed by atoms with E-state index in [1.165, 1.54) is 5.56 Å². The first-order valence-corrected chi connectivity index (χ1v) is 8.51. The summed E-state index contributed by atoms with van der Waals surface area (Å²) >= 11 is 0. The summed E-state index contributed by atoms with van der Waals surface area (Å²) in [6.45, 7) is 2.69. The summed E-state index contributed by atoms with van der Waals surface area (Å²) in [5.41, 5.74) is 3.61. The number of likely N-dealkylation sites (N-methyl/N-ethyl adjacent to an activating group) is 1. The van der Waals surface area contributed by atoms with Crippen molar-refractivity contribution >= 4 is 23.4 Å². The third kappa shape index (κ3) is 5.20. The minimum atomic E-state index is -0.432. The summed E-state index contributed by atoms with van der Waals surface area (Å²) in [5.74, 6) is -0.432. The number of nitrogens with one attached hydrogen (secondary N) is 1. The quantitative estimate of drug-likeness (QED) is 0.594. The monoisotopic (exact) mass is 349 g/mol. The minimum Gasteiger partial charge on any atom is -0.395 e. The van der Waals surface area contributed by atoms with E-state index in [1.807, 2.05) is 66.5 Å². The largest absolute Gasteiger partial charge is 0.395 e. The highest BCUT2D eigenvalue weighted by Crippen LogP contribution is 2.17. The summed E-state index contributed by atoms with van der Waals surface area (Å²) in [4.78, 5) is 14.2. The molecule has 0 atom stereocenters. The Morgan fingerprint density at radius 1 is 1.19 bits per heavy atom. The standard InChI is InChI=1S/C21H23N3O2/c1-3-16-4-8-19(9-5-16)23-21(26)18(15-22)14-17-6-10-20(11-7-17)24(2)12-13-25/h4-11,14,25H,3,12-13H2,1-2H3,(H,23,26)/b18-14+. The van der Waals surface area contributed by atoms with Gasteiger partial charge in [0.2, 0.25) is 0 Å². The van der Waals surface area contributed by atoms with Gasteiger partial charge in [-0.05, 0) is 47.9 Å². The lowest BCUT2D eigenvalue weighted by molar-refractivity contribution is -0.112. The molecule has 2 N–H and O–H groups in total. The maximum atomic E-state index is 12.3. The van der Waals surface area contributed by atoms with Crippen molar-refractivity contribution in [2.45, 2.75) is 13.3 Å². The van der Waals surface area contributed by atoms with Crippen LogP contribution in [-0.2, 0) is 11.2 Å². The minimum absolute atomic E-state index is 0.0426. The molecule has 2 aromatic carbocycles. The summed E-state index contributed by atoms with van der Waals surface area (Å²) in [6.07, 6.45) is 2.49. The number of hydrogen-bond donors (Lipinski definition) is 2. The molecule has 0 aliphatic heterocycles. The van der Waals surface area contributed by atoms with Gasteiger partial charge in [-0.1, -0.05) is 31.2 Å². The van der Waals surface area contributed by atoms with E-state index in [4.69, 9.17) is 5.11 Å². The number of benzene rings is 2. The Balaban J connectivity index is 2.10. The van der Waals surface area contributed by atoms with Crippen LogP contribution in [0.5, 0.6) is 0 Å². The summed E-state index contributed by atoms with van der Waals surface area (Å²) < 4.78 is 0. The molecule has 5 heteroatoms. The van der Waals surface area contributed by atoms with E-state index < -0.39 is 5.91 Å². The zero-order valence-corrected chi connectivity index (χ0v) is 15.1. The normalized spacial score (nSPS) is 10.9. The maximum Gasteiger partial charge on any atom is 0.266 e. The highest BCUT2D eigenvalue weighted by atomic mass is 16.3. The lowest BCUT2D eigenvalue weighted by Gasteiger charge is -2.17. The number of aliphatic hydroxyl groups excluding tert-OH is 1. The van der Waals surface area contributed by atoms with Crippen molar-refractivity contribution in [1.82, 2.24) is 0 Å². The van der Waals surface area contributed by atoms with Gasteiger partial charge in [-0.25, -0.2) is 0 Å². The van der Waals surface area contributed by atoms with Crippen LogP contribution in [-0.4, -0.2) is 31.2 Å². The van der Waals surface area contributed by atoms with Gasteiger partial charge in [-0.3, -0.25) is 4.79 Å². The first kappa shape index (κ1) is 19.2. The van der Waals surface area contributed by atoms with E-state index in [-0.39, 0.29) is 12.2 Å². The molecule has 0 heterocycles. The lowest BCUT2D eigenvalue weighted by atomic mass is 10.1. The Hall–Kier alpha value is -3.10. The Kier molecular flexibility index (Phi) is 6.95. The highest BCUT2D eigenvalue weighted by Gasteiger charge is 2.10. The highest BCUT2D eigenvalue weighted by molar-refractivity contribution is 6.09. The molecule has 0 aromatic heterocycles. The van der Waals surface area contributed by atoms with Gasteiger partial charge >= 0.3 is 0 Å². The number of rotatable bonds is 7. The maximum absolute atomic E-state index is 12.3. The topological polar surface area (TPSA) is 76.4 Å². The van der Waals surface area contributed by atoms with E-state index in [0.29, 0.717) is 12.2 Å². The molecule has 0 aliphatic rings. The van der Waals surface area contributed by atoms with Crippen LogP contribution in [0.3, 0.4) is 0 Å². The van der Waals surface area contributed by atoms with E-state index in [2.05, 4.69) is 12.2 Å². The van der Waals surface area contributed by atoms with Gasteiger partial charge < -0.3 is 15.3 Å². The van der Waals surface area contributed by atoms with Crippen molar-refractivity contribution in [2.75, 3.05) is 30.4 Å². The molecule has 0 radical (unpaired) electrons. The fourth-order valence-electron chi connectivity index (χ4n) is 2.44. The second-order valence-corrected chi connectivity index (χ2v) is 5.91. The first-order chi connectivity index (χ1) is 12.6. The summed E-state index contributed by atoms with van der Waals surface area (Å²) in [7, 11) is 1.89. The summed E-state index contributed by atoms with van der Waals surface area (Å²) in [5, 5.41) is 21.0. The molecule has 5 nitrogen and oxygen atoms in total. The predicted molar refractivity (Wildman–Crippen MR) is 105 cm³/mol. The Morgan fingerprint density at radius 2 is 1.85 bits per heavy atom. The number of amides is 1. The van der Waals surface area contributed by atoms with Crippen molar-refractivity contribution in [1.29, 1.82) is 5.26 Å². The molecule has 0 aliphatic carbocycles. The van der Waals surface area contributed by atoms with Crippen LogP contribution in [0.1, 0.15) is 18.1 Å². The van der Waals surface area contributed by atoms with Crippen LogP contribution < -0.4 is 10.2 Å². The summed E-state index contributed by atoms with van der Waals surface area (Å²) in [6, 6.07) is 17.0. The average molecular weight is 349 g/mol. The van der Waals surface area contributed by atoms with Crippen LogP contribution in [0.15, 0.2) is 54.1 Å². The molecule has 0 unspecified atom stereocenters. The van der Waals surface area contributed by atoms with Crippen LogP contribution in [0.2, 0.25) is 0 Å². The molecule has 0 spiro atoms. The molecule has 0 fully saturated rings. The van der Waals surface area contributed by atoms with Crippen molar-refractivity contribution in [3.63, 3.8) is 0 Å². The molecule has 1 amide bonds. The van der Waals surface area contributed by atoms with Gasteiger partial charge in [0.15, 0.2) is 0 Å². The fourth-order valence-corrected chi connectivity index (χ4v) is 2.44. The molecule has 0 saturated carbocycles. The molecule has 0 saturated heterocycles. The molecular weight excluding hydrogens is 326 g/mol. The van der Waals surface area contributed by atoms with Crippen LogP contribution in [0.4, 0.5) is 11.4 Å². The Morgan fingerprint density at radius 3 is 2.38 bits per heavy atom. The fraction of sp³-hybridized carbons (Fsp3) is 0.238. The smallest absolute Gasteiger partial charge is 0.266 e. The van der Waals surface area contributed by atoms with E-state index >= 15 is 0 Å². The number of carbonyl (C=O) groups excluding carboxylic acids is 1. The second kappa shape index (κ2) is 9.40. The number of nitriles is 1. The van der Waals surface area contributed by atoms with Crippen molar-refractivity contribution < 1.29 is 9.90 Å². The third-order valence-electron chi connectivity index (χ3n) is 4.07. The van der Waals surface area contributed by atoms with Crippen molar-refractivity contribution in [2.24, 2.45) is 0 Å². The average Bonchev–Trinajstić information content (AvgIpc) is 2.67. The van der Waals surface area contributed by atoms with Crippen LogP contribution in [0, 0.1) is 11.3 Å². The van der Waals surface area contributed by atoms with Crippen LogP contribution in [0.25, 0.3) is 6.08 Å². The molecule has 2 rings (SSSR count). The number of hydrogen-bond acceptors (Lipinski definition) is 4. The lowest BCUT2D eigenvalue weighted by Crippen LogP contribution is -2.20.